The van der Waals surface area contributed by atoms with E-state index in [9.17, 15) is 4.79 Å². The van der Waals surface area contributed by atoms with Crippen molar-refractivity contribution in [1.82, 2.24) is 29.5 Å². The Morgan fingerprint density at radius 1 is 1.20 bits per heavy atom. The van der Waals surface area contributed by atoms with Gasteiger partial charge in [-0.05, 0) is 25.1 Å². The molecule has 5 aromatic rings. The summed E-state index contributed by atoms with van der Waals surface area (Å²) in [6.07, 6.45) is 4.79. The first-order chi connectivity index (χ1) is 14.6. The molecule has 0 spiro atoms. The maximum atomic E-state index is 12.9. The number of nitrogens with one attached hydrogen (secondary N) is 1. The molecular weight excluding hydrogens is 382 g/mol. The van der Waals surface area contributed by atoms with Crippen LogP contribution >= 0.6 is 0 Å². The highest BCUT2D eigenvalue weighted by Crippen LogP contribution is 2.25. The predicted octanol–water partition coefficient (Wildman–Crippen LogP) is 3.19. The molecule has 0 atom stereocenters. The summed E-state index contributed by atoms with van der Waals surface area (Å²) in [6.45, 7) is 2.50. The Hall–Kier alpha value is -4.27. The van der Waals surface area contributed by atoms with Crippen LogP contribution in [-0.2, 0) is 6.54 Å². The molecular formula is C21H17N7O2. The molecule has 0 saturated heterocycles. The zero-order valence-corrected chi connectivity index (χ0v) is 16.0. The van der Waals surface area contributed by atoms with E-state index in [1.165, 1.54) is 6.20 Å². The number of nitrogens with two attached hydrogens (primary N) is 1. The van der Waals surface area contributed by atoms with E-state index in [2.05, 4.69) is 24.9 Å². The Bertz CT molecular complexity index is 1370. The molecule has 148 valence electrons. The van der Waals surface area contributed by atoms with Crippen LogP contribution in [0.15, 0.2) is 55.0 Å². The molecule has 0 aliphatic carbocycles. The number of aromatic nitrogens is 6. The number of carbonyl (C=O) groups is 1. The van der Waals surface area contributed by atoms with E-state index in [1.54, 1.807) is 17.0 Å². The molecule has 9 heteroatoms. The molecule has 1 aromatic carbocycles. The van der Waals surface area contributed by atoms with Crippen molar-refractivity contribution >= 4 is 33.7 Å². The van der Waals surface area contributed by atoms with E-state index in [0.717, 1.165) is 22.1 Å². The highest BCUT2D eigenvalue weighted by molar-refractivity contribution is 5.94. The Balaban J connectivity index is 1.51. The second-order valence-corrected chi connectivity index (χ2v) is 6.65. The Morgan fingerprint density at radius 2 is 2.07 bits per heavy atom. The predicted molar refractivity (Wildman–Crippen MR) is 112 cm³/mol. The third kappa shape index (κ3) is 2.93. The van der Waals surface area contributed by atoms with Crippen molar-refractivity contribution in [2.24, 2.45) is 0 Å². The summed E-state index contributed by atoms with van der Waals surface area (Å²) in [5.41, 5.74) is 9.48. The van der Waals surface area contributed by atoms with Crippen molar-refractivity contribution in [3.8, 4) is 17.4 Å². The van der Waals surface area contributed by atoms with E-state index in [0.29, 0.717) is 17.8 Å². The Morgan fingerprint density at radius 3 is 2.90 bits per heavy atom. The lowest BCUT2D eigenvalue weighted by molar-refractivity contribution is 0.0708. The molecule has 0 aliphatic heterocycles. The maximum Gasteiger partial charge on any atom is 0.368 e. The standard InChI is InChI=1S/C21H17N7O2/c1-2-28-17-7-8-23-10-16(17)27-21(28)30-20(29)18-19(22)24-11-15(26-18)14-9-12-5-3-4-6-13(12)25-14/h3-11,25H,2H2,1H3,(H2,22,24). The van der Waals surface area contributed by atoms with Gasteiger partial charge in [0.1, 0.15) is 11.2 Å². The molecule has 0 radical (unpaired) electrons. The summed E-state index contributed by atoms with van der Waals surface area (Å²) in [4.78, 5) is 33.1. The number of H-pyrrole nitrogens is 1. The molecule has 4 aromatic heterocycles. The fourth-order valence-electron chi connectivity index (χ4n) is 3.36. The number of carbonyl (C=O) groups excluding carboxylic acids is 1. The molecule has 9 nitrogen and oxygen atoms in total. The van der Waals surface area contributed by atoms with Gasteiger partial charge in [-0.1, -0.05) is 18.2 Å². The molecule has 0 aliphatic rings. The highest BCUT2D eigenvalue weighted by Gasteiger charge is 2.21. The number of nitrogen functional groups attached to an aromatic ring is 1. The number of esters is 1. The highest BCUT2D eigenvalue weighted by atomic mass is 16.6. The molecule has 0 fully saturated rings. The van der Waals surface area contributed by atoms with Gasteiger partial charge in [0.15, 0.2) is 11.5 Å². The summed E-state index contributed by atoms with van der Waals surface area (Å²) < 4.78 is 7.31. The number of aromatic amines is 1. The van der Waals surface area contributed by atoms with Gasteiger partial charge in [0, 0.05) is 23.6 Å². The Kier molecular flexibility index (Phi) is 4.13. The molecule has 4 heterocycles. The lowest BCUT2D eigenvalue weighted by Gasteiger charge is -2.08. The van der Waals surface area contributed by atoms with E-state index < -0.39 is 5.97 Å². The van der Waals surface area contributed by atoms with Crippen molar-refractivity contribution in [3.63, 3.8) is 0 Å². The number of imidazole rings is 1. The van der Waals surface area contributed by atoms with Crippen molar-refractivity contribution in [1.29, 1.82) is 0 Å². The second kappa shape index (κ2) is 6.96. The summed E-state index contributed by atoms with van der Waals surface area (Å²) >= 11 is 0. The van der Waals surface area contributed by atoms with E-state index in [4.69, 9.17) is 10.5 Å². The number of rotatable bonds is 4. The van der Waals surface area contributed by atoms with Gasteiger partial charge in [0.05, 0.1) is 23.6 Å². The minimum absolute atomic E-state index is 0.0133. The first-order valence-corrected chi connectivity index (χ1v) is 9.37. The number of fused-ring (bicyclic) bond motifs is 2. The lowest BCUT2D eigenvalue weighted by atomic mass is 10.2. The molecule has 0 saturated carbocycles. The normalized spacial score (nSPS) is 11.2. The van der Waals surface area contributed by atoms with Gasteiger partial charge in [-0.2, -0.15) is 4.98 Å². The SMILES string of the molecule is CCn1c(OC(=O)c2nc(-c3cc4ccccc4[nH]3)cnc2N)nc2cnccc21. The topological polar surface area (TPSA) is 125 Å². The van der Waals surface area contributed by atoms with Crippen molar-refractivity contribution in [2.45, 2.75) is 13.5 Å². The molecule has 30 heavy (non-hydrogen) atoms. The number of benzene rings is 1. The van der Waals surface area contributed by atoms with Gasteiger partial charge in [-0.15, -0.1) is 0 Å². The number of para-hydroxylation sites is 1. The Labute approximate surface area is 170 Å². The van der Waals surface area contributed by atoms with Crippen LogP contribution in [0.1, 0.15) is 17.4 Å². The summed E-state index contributed by atoms with van der Waals surface area (Å²) in [5.74, 6) is -0.739. The van der Waals surface area contributed by atoms with Crippen LogP contribution in [0, 0.1) is 0 Å². The smallest absolute Gasteiger partial charge is 0.368 e. The van der Waals surface area contributed by atoms with Gasteiger partial charge >= 0.3 is 12.0 Å². The first-order valence-electron chi connectivity index (χ1n) is 9.37. The number of hydrogen-bond donors (Lipinski definition) is 2. The van der Waals surface area contributed by atoms with Gasteiger partial charge in [0.25, 0.3) is 0 Å². The average molecular weight is 399 g/mol. The average Bonchev–Trinajstić information content (AvgIpc) is 3.34. The summed E-state index contributed by atoms with van der Waals surface area (Å²) in [7, 11) is 0. The number of ether oxygens (including phenoxy) is 1. The van der Waals surface area contributed by atoms with Gasteiger partial charge in [-0.3, -0.25) is 9.55 Å². The molecule has 0 bridgehead atoms. The van der Waals surface area contributed by atoms with Crippen LogP contribution in [0.4, 0.5) is 5.82 Å². The van der Waals surface area contributed by atoms with E-state index in [-0.39, 0.29) is 17.5 Å². The van der Waals surface area contributed by atoms with Crippen LogP contribution in [0.3, 0.4) is 0 Å². The zero-order valence-electron chi connectivity index (χ0n) is 16.0. The van der Waals surface area contributed by atoms with Gasteiger partial charge in [-0.25, -0.2) is 14.8 Å². The number of nitrogens with zero attached hydrogens (tertiary/aromatic N) is 5. The monoisotopic (exact) mass is 399 g/mol. The number of hydrogen-bond acceptors (Lipinski definition) is 7. The van der Waals surface area contributed by atoms with Gasteiger partial charge < -0.3 is 15.5 Å². The molecule has 5 rings (SSSR count). The number of pyridine rings is 1. The fraction of sp³-hybridized carbons (Fsp3) is 0.0952. The molecule has 0 amide bonds. The molecule has 0 unspecified atom stereocenters. The largest absolute Gasteiger partial charge is 0.387 e. The van der Waals surface area contributed by atoms with Crippen molar-refractivity contribution in [3.05, 3.63) is 60.7 Å². The first kappa shape index (κ1) is 17.8. The molecule has 3 N–H and O–H groups in total. The van der Waals surface area contributed by atoms with Crippen molar-refractivity contribution < 1.29 is 9.53 Å². The van der Waals surface area contributed by atoms with E-state index in [1.807, 2.05) is 43.3 Å². The fourth-order valence-corrected chi connectivity index (χ4v) is 3.36. The summed E-state index contributed by atoms with van der Waals surface area (Å²) in [6, 6.07) is 11.7. The number of aryl methyl sites for hydroxylation is 1. The van der Waals surface area contributed by atoms with Crippen LogP contribution < -0.4 is 10.5 Å². The minimum atomic E-state index is -0.726. The van der Waals surface area contributed by atoms with Gasteiger partial charge in [0.2, 0.25) is 0 Å². The van der Waals surface area contributed by atoms with Crippen LogP contribution in [-0.4, -0.2) is 35.5 Å². The van der Waals surface area contributed by atoms with Crippen LogP contribution in [0.2, 0.25) is 0 Å². The quantitative estimate of drug-likeness (QED) is 0.445. The van der Waals surface area contributed by atoms with E-state index >= 15 is 0 Å². The van der Waals surface area contributed by atoms with Crippen LogP contribution in [0.5, 0.6) is 6.01 Å². The zero-order chi connectivity index (χ0) is 20.7. The second-order valence-electron chi connectivity index (χ2n) is 6.65. The third-order valence-electron chi connectivity index (χ3n) is 4.82. The van der Waals surface area contributed by atoms with Crippen molar-refractivity contribution in [2.75, 3.05) is 5.73 Å². The third-order valence-corrected chi connectivity index (χ3v) is 4.82. The maximum absolute atomic E-state index is 12.9. The van der Waals surface area contributed by atoms with Crippen LogP contribution in [0.25, 0.3) is 33.3 Å². The summed E-state index contributed by atoms with van der Waals surface area (Å²) in [5, 5.41) is 1.03. The number of anilines is 1. The minimum Gasteiger partial charge on any atom is -0.387 e. The lowest BCUT2D eigenvalue weighted by Crippen LogP contribution is -2.17.